The average molecular weight is 452 g/mol. The molecule has 0 bridgehead atoms. The second kappa shape index (κ2) is 10.8. The summed E-state index contributed by atoms with van der Waals surface area (Å²) in [5.74, 6) is 1.17. The molecule has 0 fully saturated rings. The summed E-state index contributed by atoms with van der Waals surface area (Å²) in [4.78, 5) is 33.2. The molecule has 2 aromatic heterocycles. The van der Waals surface area contributed by atoms with E-state index in [0.717, 1.165) is 43.0 Å². The quantitative estimate of drug-likeness (QED) is 0.507. The average Bonchev–Trinajstić information content (AvgIpc) is 3.19. The molecule has 33 heavy (non-hydrogen) atoms. The number of aromatic nitrogens is 2. The fourth-order valence-corrected chi connectivity index (χ4v) is 3.50. The summed E-state index contributed by atoms with van der Waals surface area (Å²) < 4.78 is 7.54. The van der Waals surface area contributed by atoms with E-state index in [1.165, 1.54) is 4.90 Å². The third-order valence-electron chi connectivity index (χ3n) is 5.42. The Morgan fingerprint density at radius 3 is 2.61 bits per heavy atom. The zero-order valence-corrected chi connectivity index (χ0v) is 20.1. The number of anilines is 2. The topological polar surface area (TPSA) is 79.2 Å². The van der Waals surface area contributed by atoms with Crippen molar-refractivity contribution in [2.45, 2.75) is 33.1 Å². The van der Waals surface area contributed by atoms with Gasteiger partial charge in [0.2, 0.25) is 0 Å². The minimum absolute atomic E-state index is 0.0597. The summed E-state index contributed by atoms with van der Waals surface area (Å²) >= 11 is 0. The maximum atomic E-state index is 13.0. The number of amides is 2. The van der Waals surface area contributed by atoms with Gasteiger partial charge in [-0.15, -0.1) is 0 Å². The number of hydrogen-bond acceptors (Lipinski definition) is 5. The highest BCUT2D eigenvalue weighted by Crippen LogP contribution is 2.24. The SMILES string of the molecule is CCCCN(C)c1c(CC)nc2ccc(C(=O)Nc3cccc(OCC(=O)N(C)C)c3)cn12. The van der Waals surface area contributed by atoms with Gasteiger partial charge in [0.1, 0.15) is 17.2 Å². The molecular weight excluding hydrogens is 418 g/mol. The van der Waals surface area contributed by atoms with Crippen LogP contribution in [0.15, 0.2) is 42.6 Å². The normalized spacial score (nSPS) is 10.8. The molecule has 0 atom stereocenters. The Labute approximate surface area is 195 Å². The number of unbranched alkanes of at least 4 members (excludes halogenated alkanes) is 1. The van der Waals surface area contributed by atoms with Crippen molar-refractivity contribution in [3.8, 4) is 5.75 Å². The van der Waals surface area contributed by atoms with Gasteiger partial charge in [0.25, 0.3) is 11.8 Å². The van der Waals surface area contributed by atoms with E-state index in [4.69, 9.17) is 9.72 Å². The van der Waals surface area contributed by atoms with E-state index < -0.39 is 0 Å². The van der Waals surface area contributed by atoms with Crippen LogP contribution < -0.4 is 15.0 Å². The van der Waals surface area contributed by atoms with Gasteiger partial charge in [0.05, 0.1) is 11.3 Å². The zero-order valence-electron chi connectivity index (χ0n) is 20.1. The molecule has 0 radical (unpaired) electrons. The molecule has 1 aromatic carbocycles. The number of likely N-dealkylation sites (N-methyl/N-ethyl adjacent to an activating group) is 1. The Morgan fingerprint density at radius 2 is 1.91 bits per heavy atom. The first kappa shape index (κ1) is 24.1. The molecule has 0 saturated carbocycles. The summed E-state index contributed by atoms with van der Waals surface area (Å²) in [5, 5.41) is 2.92. The fraction of sp³-hybridized carbons (Fsp3) is 0.400. The van der Waals surface area contributed by atoms with Gasteiger partial charge < -0.3 is 19.9 Å². The third kappa shape index (κ3) is 5.83. The third-order valence-corrected chi connectivity index (χ3v) is 5.42. The van der Waals surface area contributed by atoms with E-state index in [-0.39, 0.29) is 18.4 Å². The smallest absolute Gasteiger partial charge is 0.259 e. The molecule has 1 N–H and O–H groups in total. The summed E-state index contributed by atoms with van der Waals surface area (Å²) in [6.07, 6.45) is 4.86. The molecule has 3 aromatic rings. The molecule has 0 spiro atoms. The van der Waals surface area contributed by atoms with Crippen molar-refractivity contribution in [1.29, 1.82) is 0 Å². The molecule has 2 amide bonds. The van der Waals surface area contributed by atoms with E-state index in [1.807, 2.05) is 16.7 Å². The Bertz CT molecular complexity index is 1120. The largest absolute Gasteiger partial charge is 0.484 e. The predicted octanol–water partition coefficient (Wildman–Crippen LogP) is 3.85. The van der Waals surface area contributed by atoms with Crippen molar-refractivity contribution in [2.75, 3.05) is 44.5 Å². The highest BCUT2D eigenvalue weighted by atomic mass is 16.5. The first-order valence-corrected chi connectivity index (χ1v) is 11.3. The van der Waals surface area contributed by atoms with Crippen LogP contribution in [0.3, 0.4) is 0 Å². The Kier molecular flexibility index (Phi) is 7.92. The molecule has 0 aliphatic rings. The second-order valence-corrected chi connectivity index (χ2v) is 8.22. The number of carbonyl (C=O) groups excluding carboxylic acids is 2. The van der Waals surface area contributed by atoms with Gasteiger partial charge in [0.15, 0.2) is 6.61 Å². The number of nitrogens with one attached hydrogen (secondary N) is 1. The van der Waals surface area contributed by atoms with Crippen molar-refractivity contribution < 1.29 is 14.3 Å². The van der Waals surface area contributed by atoms with Crippen LogP contribution in [0.5, 0.6) is 5.75 Å². The molecule has 176 valence electrons. The number of nitrogens with zero attached hydrogens (tertiary/aromatic N) is 4. The van der Waals surface area contributed by atoms with Crippen molar-refractivity contribution in [3.63, 3.8) is 0 Å². The number of benzene rings is 1. The lowest BCUT2D eigenvalue weighted by molar-refractivity contribution is -0.130. The molecule has 2 heterocycles. The maximum Gasteiger partial charge on any atom is 0.259 e. The molecule has 0 unspecified atom stereocenters. The second-order valence-electron chi connectivity index (χ2n) is 8.22. The zero-order chi connectivity index (χ0) is 24.0. The van der Waals surface area contributed by atoms with Crippen LogP contribution in [0, 0.1) is 0 Å². The van der Waals surface area contributed by atoms with Gasteiger partial charge in [-0.05, 0) is 37.1 Å². The summed E-state index contributed by atoms with van der Waals surface area (Å²) in [6.45, 7) is 5.13. The number of hydrogen-bond donors (Lipinski definition) is 1. The van der Waals surface area contributed by atoms with E-state index in [2.05, 4.69) is 31.1 Å². The van der Waals surface area contributed by atoms with Gasteiger partial charge in [-0.2, -0.15) is 0 Å². The van der Waals surface area contributed by atoms with Crippen LogP contribution in [0.1, 0.15) is 42.7 Å². The van der Waals surface area contributed by atoms with Crippen LogP contribution >= 0.6 is 0 Å². The monoisotopic (exact) mass is 451 g/mol. The van der Waals surface area contributed by atoms with E-state index in [9.17, 15) is 9.59 Å². The Balaban J connectivity index is 1.80. The summed E-state index contributed by atoms with van der Waals surface area (Å²) in [5.41, 5.74) is 2.96. The van der Waals surface area contributed by atoms with Gasteiger partial charge >= 0.3 is 0 Å². The molecule has 0 aliphatic carbocycles. The van der Waals surface area contributed by atoms with E-state index in [1.54, 1.807) is 44.4 Å². The summed E-state index contributed by atoms with van der Waals surface area (Å²) in [6, 6.07) is 10.7. The van der Waals surface area contributed by atoms with Crippen molar-refractivity contribution in [3.05, 3.63) is 53.9 Å². The number of aryl methyl sites for hydroxylation is 1. The lowest BCUT2D eigenvalue weighted by atomic mass is 10.2. The molecule has 8 nitrogen and oxygen atoms in total. The minimum Gasteiger partial charge on any atom is -0.484 e. The van der Waals surface area contributed by atoms with E-state index >= 15 is 0 Å². The van der Waals surface area contributed by atoms with Crippen LogP contribution in [0.4, 0.5) is 11.5 Å². The first-order chi connectivity index (χ1) is 15.8. The summed E-state index contributed by atoms with van der Waals surface area (Å²) in [7, 11) is 5.42. The number of carbonyl (C=O) groups is 2. The number of fused-ring (bicyclic) bond motifs is 1. The molecular formula is C25H33N5O3. The molecule has 8 heteroatoms. The van der Waals surface area contributed by atoms with Gasteiger partial charge in [-0.3, -0.25) is 14.0 Å². The molecule has 0 aliphatic heterocycles. The Hall–Kier alpha value is -3.55. The number of rotatable bonds is 10. The highest BCUT2D eigenvalue weighted by molar-refractivity contribution is 6.04. The van der Waals surface area contributed by atoms with Crippen LogP contribution in [-0.2, 0) is 11.2 Å². The lowest BCUT2D eigenvalue weighted by Crippen LogP contribution is -2.27. The van der Waals surface area contributed by atoms with Crippen LogP contribution in [-0.4, -0.2) is 60.4 Å². The van der Waals surface area contributed by atoms with Gasteiger partial charge in [0, 0.05) is 45.6 Å². The van der Waals surface area contributed by atoms with Crippen LogP contribution in [0.25, 0.3) is 5.65 Å². The minimum atomic E-state index is -0.229. The van der Waals surface area contributed by atoms with E-state index in [0.29, 0.717) is 17.0 Å². The van der Waals surface area contributed by atoms with Gasteiger partial charge in [-0.25, -0.2) is 4.98 Å². The number of pyridine rings is 1. The predicted molar refractivity (Wildman–Crippen MR) is 131 cm³/mol. The standard InChI is InChI=1S/C25H33N5O3/c1-6-8-14-29(5)25-21(7-2)27-22-13-12-18(16-30(22)25)24(32)26-19-10-9-11-20(15-19)33-17-23(31)28(3)4/h9-13,15-16H,6-8,14,17H2,1-5H3,(H,26,32). The van der Waals surface area contributed by atoms with Crippen molar-refractivity contribution in [1.82, 2.24) is 14.3 Å². The number of imidazole rings is 1. The highest BCUT2D eigenvalue weighted by Gasteiger charge is 2.17. The van der Waals surface area contributed by atoms with Gasteiger partial charge in [-0.1, -0.05) is 26.3 Å². The molecule has 3 rings (SSSR count). The maximum absolute atomic E-state index is 13.0. The fourth-order valence-electron chi connectivity index (χ4n) is 3.50. The Morgan fingerprint density at radius 1 is 1.12 bits per heavy atom. The number of ether oxygens (including phenoxy) is 1. The molecule has 0 saturated heterocycles. The lowest BCUT2D eigenvalue weighted by Gasteiger charge is -2.20. The van der Waals surface area contributed by atoms with Crippen LogP contribution in [0.2, 0.25) is 0 Å². The van der Waals surface area contributed by atoms with Crippen molar-refractivity contribution >= 4 is 29.0 Å². The first-order valence-electron chi connectivity index (χ1n) is 11.3. The van der Waals surface area contributed by atoms with Crippen molar-refractivity contribution in [2.24, 2.45) is 0 Å².